The third-order valence-electron chi connectivity index (χ3n) is 2.89. The highest BCUT2D eigenvalue weighted by molar-refractivity contribution is 5.54. The minimum absolute atomic E-state index is 0.247. The van der Waals surface area contributed by atoms with Crippen molar-refractivity contribution in [1.29, 1.82) is 5.26 Å². The highest BCUT2D eigenvalue weighted by Crippen LogP contribution is 2.14. The molecule has 0 aliphatic carbocycles. The molecule has 0 aliphatic rings. The van der Waals surface area contributed by atoms with Crippen molar-refractivity contribution in [2.75, 3.05) is 24.7 Å². The lowest BCUT2D eigenvalue weighted by atomic mass is 10.1. The number of hydrogen-bond acceptors (Lipinski definition) is 5. The molecule has 0 saturated carbocycles. The molecular formula is C15H16N4O. The van der Waals surface area contributed by atoms with Gasteiger partial charge in [-0.25, -0.2) is 4.98 Å². The van der Waals surface area contributed by atoms with E-state index >= 15 is 0 Å². The Morgan fingerprint density at radius 2 is 2.20 bits per heavy atom. The van der Waals surface area contributed by atoms with Crippen LogP contribution >= 0.6 is 0 Å². The van der Waals surface area contributed by atoms with Gasteiger partial charge in [0.1, 0.15) is 17.6 Å². The van der Waals surface area contributed by atoms with E-state index in [1.807, 2.05) is 30.3 Å². The lowest BCUT2D eigenvalue weighted by molar-refractivity contribution is 0.414. The van der Waals surface area contributed by atoms with Gasteiger partial charge in [-0.1, -0.05) is 12.1 Å². The number of pyridine rings is 1. The van der Waals surface area contributed by atoms with E-state index in [1.54, 1.807) is 19.2 Å². The fraction of sp³-hybridized carbons (Fsp3) is 0.200. The van der Waals surface area contributed by atoms with Gasteiger partial charge in [0.15, 0.2) is 5.69 Å². The minimum Gasteiger partial charge on any atom is -0.497 e. The van der Waals surface area contributed by atoms with E-state index in [0.717, 1.165) is 18.7 Å². The van der Waals surface area contributed by atoms with E-state index in [9.17, 15) is 0 Å². The van der Waals surface area contributed by atoms with Crippen LogP contribution in [0.25, 0.3) is 0 Å². The molecule has 0 amide bonds. The maximum atomic E-state index is 8.87. The van der Waals surface area contributed by atoms with E-state index in [0.29, 0.717) is 11.5 Å². The number of nitrogen functional groups attached to an aromatic ring is 1. The highest BCUT2D eigenvalue weighted by atomic mass is 16.5. The topological polar surface area (TPSA) is 84.0 Å². The van der Waals surface area contributed by atoms with E-state index in [4.69, 9.17) is 15.7 Å². The molecule has 5 nitrogen and oxygen atoms in total. The fourth-order valence-corrected chi connectivity index (χ4v) is 1.82. The predicted molar refractivity (Wildman–Crippen MR) is 78.6 cm³/mol. The molecule has 1 aromatic carbocycles. The maximum Gasteiger partial charge on any atom is 0.165 e. The van der Waals surface area contributed by atoms with Crippen LogP contribution in [0.1, 0.15) is 11.3 Å². The Kier molecular flexibility index (Phi) is 4.40. The zero-order chi connectivity index (χ0) is 14.4. The Labute approximate surface area is 118 Å². The molecule has 1 heterocycles. The van der Waals surface area contributed by atoms with E-state index in [-0.39, 0.29) is 5.69 Å². The number of aromatic nitrogens is 1. The Hall–Kier alpha value is -2.74. The van der Waals surface area contributed by atoms with Gasteiger partial charge in [0.05, 0.1) is 12.8 Å². The second-order valence-corrected chi connectivity index (χ2v) is 4.27. The first-order chi connectivity index (χ1) is 9.72. The molecular weight excluding hydrogens is 252 g/mol. The van der Waals surface area contributed by atoms with Gasteiger partial charge in [0.2, 0.25) is 0 Å². The Morgan fingerprint density at radius 3 is 2.95 bits per heavy atom. The van der Waals surface area contributed by atoms with Gasteiger partial charge in [-0.3, -0.25) is 0 Å². The summed E-state index contributed by atoms with van der Waals surface area (Å²) in [5.74, 6) is 1.50. The van der Waals surface area contributed by atoms with Crippen molar-refractivity contribution < 1.29 is 4.74 Å². The van der Waals surface area contributed by atoms with Crippen molar-refractivity contribution in [3.8, 4) is 11.8 Å². The first-order valence-corrected chi connectivity index (χ1v) is 6.26. The zero-order valence-electron chi connectivity index (χ0n) is 11.3. The maximum absolute atomic E-state index is 8.87. The number of nitrogens with two attached hydrogens (primary N) is 1. The van der Waals surface area contributed by atoms with Crippen molar-refractivity contribution in [3.05, 3.63) is 47.7 Å². The summed E-state index contributed by atoms with van der Waals surface area (Å²) >= 11 is 0. The largest absolute Gasteiger partial charge is 0.497 e. The smallest absolute Gasteiger partial charge is 0.165 e. The number of nitrogens with one attached hydrogen (secondary N) is 1. The number of nitriles is 1. The number of hydrogen-bond donors (Lipinski definition) is 2. The predicted octanol–water partition coefficient (Wildman–Crippen LogP) is 2.20. The lowest BCUT2D eigenvalue weighted by Gasteiger charge is -2.07. The average Bonchev–Trinajstić information content (AvgIpc) is 2.49. The Morgan fingerprint density at radius 1 is 1.35 bits per heavy atom. The molecule has 0 spiro atoms. The van der Waals surface area contributed by atoms with Crippen molar-refractivity contribution in [3.63, 3.8) is 0 Å². The molecule has 2 aromatic rings. The first kappa shape index (κ1) is 13.7. The number of rotatable bonds is 5. The number of nitrogens with zero attached hydrogens (tertiary/aromatic N) is 2. The van der Waals surface area contributed by atoms with Gasteiger partial charge in [-0.15, -0.1) is 0 Å². The summed E-state index contributed by atoms with van der Waals surface area (Å²) in [7, 11) is 1.65. The van der Waals surface area contributed by atoms with E-state index in [2.05, 4.69) is 10.3 Å². The number of ether oxygens (including phenoxy) is 1. The summed E-state index contributed by atoms with van der Waals surface area (Å²) in [5.41, 5.74) is 7.44. The van der Waals surface area contributed by atoms with Gasteiger partial charge < -0.3 is 15.8 Å². The SMILES string of the molecule is COc1cccc(CCNc2ccc(N)c(C#N)n2)c1. The summed E-state index contributed by atoms with van der Waals surface area (Å²) in [6, 6.07) is 13.3. The molecule has 20 heavy (non-hydrogen) atoms. The molecule has 5 heteroatoms. The van der Waals surface area contributed by atoms with Crippen LogP contribution in [-0.4, -0.2) is 18.6 Å². The van der Waals surface area contributed by atoms with Crippen LogP contribution in [0.2, 0.25) is 0 Å². The second-order valence-electron chi connectivity index (χ2n) is 4.27. The third-order valence-corrected chi connectivity index (χ3v) is 2.89. The van der Waals surface area contributed by atoms with Crippen LogP contribution in [0.5, 0.6) is 5.75 Å². The van der Waals surface area contributed by atoms with Crippen LogP contribution in [0.3, 0.4) is 0 Å². The normalized spacial score (nSPS) is 9.80. The third kappa shape index (κ3) is 3.39. The van der Waals surface area contributed by atoms with Gasteiger partial charge in [0, 0.05) is 6.54 Å². The molecule has 3 N–H and O–H groups in total. The summed E-state index contributed by atoms with van der Waals surface area (Å²) in [6.45, 7) is 0.717. The lowest BCUT2D eigenvalue weighted by Crippen LogP contribution is -2.07. The van der Waals surface area contributed by atoms with Crippen LogP contribution < -0.4 is 15.8 Å². The van der Waals surface area contributed by atoms with E-state index < -0.39 is 0 Å². The Bertz CT molecular complexity index is 634. The van der Waals surface area contributed by atoms with Gasteiger partial charge >= 0.3 is 0 Å². The van der Waals surface area contributed by atoms with Crippen molar-refractivity contribution in [1.82, 2.24) is 4.98 Å². The molecule has 0 radical (unpaired) electrons. The minimum atomic E-state index is 0.247. The van der Waals surface area contributed by atoms with Crippen molar-refractivity contribution in [2.45, 2.75) is 6.42 Å². The zero-order valence-corrected chi connectivity index (χ0v) is 11.3. The second kappa shape index (κ2) is 6.43. The van der Waals surface area contributed by atoms with Gasteiger partial charge in [-0.05, 0) is 36.2 Å². The average molecular weight is 268 g/mol. The first-order valence-electron chi connectivity index (χ1n) is 6.26. The molecule has 2 rings (SSSR count). The van der Waals surface area contributed by atoms with E-state index in [1.165, 1.54) is 5.56 Å². The molecule has 0 bridgehead atoms. The molecule has 0 unspecified atom stereocenters. The summed E-state index contributed by atoms with van der Waals surface area (Å²) in [4.78, 5) is 4.13. The molecule has 102 valence electrons. The molecule has 0 aliphatic heterocycles. The van der Waals surface area contributed by atoms with Gasteiger partial charge in [-0.2, -0.15) is 5.26 Å². The summed E-state index contributed by atoms with van der Waals surface area (Å²) in [5, 5.41) is 12.0. The molecule has 0 fully saturated rings. The molecule has 0 saturated heterocycles. The van der Waals surface area contributed by atoms with Crippen LogP contribution in [0, 0.1) is 11.3 Å². The van der Waals surface area contributed by atoms with Crippen LogP contribution in [0.15, 0.2) is 36.4 Å². The number of methoxy groups -OCH3 is 1. The number of anilines is 2. The molecule has 0 atom stereocenters. The van der Waals surface area contributed by atoms with Crippen LogP contribution in [-0.2, 0) is 6.42 Å². The summed E-state index contributed by atoms with van der Waals surface area (Å²) < 4.78 is 5.18. The standard InChI is InChI=1S/C15H16N4O/c1-20-12-4-2-3-11(9-12)7-8-18-15-6-5-13(17)14(10-16)19-15/h2-6,9H,7-8,17H2,1H3,(H,18,19). The van der Waals surface area contributed by atoms with Gasteiger partial charge in [0.25, 0.3) is 0 Å². The van der Waals surface area contributed by atoms with Crippen molar-refractivity contribution >= 4 is 11.5 Å². The number of benzene rings is 1. The quantitative estimate of drug-likeness (QED) is 0.868. The molecule has 1 aromatic heterocycles. The fourth-order valence-electron chi connectivity index (χ4n) is 1.82. The van der Waals surface area contributed by atoms with Crippen LogP contribution in [0.4, 0.5) is 11.5 Å². The monoisotopic (exact) mass is 268 g/mol. The highest BCUT2D eigenvalue weighted by Gasteiger charge is 2.02. The Balaban J connectivity index is 1.94. The van der Waals surface area contributed by atoms with Crippen molar-refractivity contribution in [2.24, 2.45) is 0 Å². The summed E-state index contributed by atoms with van der Waals surface area (Å²) in [6.07, 6.45) is 0.838.